The van der Waals surface area contributed by atoms with Crippen LogP contribution in [-0.4, -0.2) is 75.9 Å². The van der Waals surface area contributed by atoms with Crippen molar-refractivity contribution in [2.24, 2.45) is 5.73 Å². The molecule has 3 aliphatic rings. The Morgan fingerprint density at radius 1 is 1.16 bits per heavy atom. The highest BCUT2D eigenvalue weighted by Gasteiger charge is 2.40. The van der Waals surface area contributed by atoms with Crippen LogP contribution in [0.3, 0.4) is 0 Å². The molecule has 6 nitrogen and oxygen atoms in total. The van der Waals surface area contributed by atoms with Crippen molar-refractivity contribution in [2.45, 2.75) is 50.2 Å². The van der Waals surface area contributed by atoms with E-state index in [1.54, 1.807) is 0 Å². The topological polar surface area (TPSA) is 64.4 Å². The highest BCUT2D eigenvalue weighted by molar-refractivity contribution is 5.26. The number of H-pyrrole nitrogens is 1. The number of aromatic nitrogens is 2. The molecule has 2 saturated heterocycles. The second-order valence-corrected chi connectivity index (χ2v) is 9.11. The summed E-state index contributed by atoms with van der Waals surface area (Å²) >= 11 is 0. The molecule has 0 aliphatic carbocycles. The number of nitrogens with one attached hydrogen (secondary N) is 1. The molecule has 31 heavy (non-hydrogen) atoms. The third kappa shape index (κ3) is 4.24. The molecule has 0 amide bonds. The van der Waals surface area contributed by atoms with Gasteiger partial charge in [-0.05, 0) is 31.0 Å². The normalized spacial score (nSPS) is 30.2. The Hall–Kier alpha value is -1.94. The van der Waals surface area contributed by atoms with Crippen molar-refractivity contribution in [2.75, 3.05) is 32.7 Å². The number of hydrogen-bond acceptors (Lipinski definition) is 5. The molecule has 0 radical (unpaired) electrons. The molecule has 2 fully saturated rings. The first kappa shape index (κ1) is 20.9. The Labute approximate surface area is 180 Å². The van der Waals surface area contributed by atoms with Gasteiger partial charge in [0.15, 0.2) is 0 Å². The fraction of sp³-hybridized carbons (Fsp3) is 0.591. The first-order chi connectivity index (χ1) is 15.0. The minimum absolute atomic E-state index is 0.199. The van der Waals surface area contributed by atoms with Gasteiger partial charge in [0.25, 0.3) is 0 Å². The number of rotatable bonds is 5. The van der Waals surface area contributed by atoms with Gasteiger partial charge in [-0.3, -0.25) is 19.8 Å². The van der Waals surface area contributed by atoms with Crippen LogP contribution in [0.1, 0.15) is 35.7 Å². The summed E-state index contributed by atoms with van der Waals surface area (Å²) in [7, 11) is 0. The summed E-state index contributed by atoms with van der Waals surface area (Å²) in [4.78, 5) is 6.64. The van der Waals surface area contributed by atoms with Crippen LogP contribution < -0.4 is 5.73 Å². The molecule has 1 aromatic carbocycles. The molecule has 4 atom stereocenters. The summed E-state index contributed by atoms with van der Waals surface area (Å²) in [6.45, 7) is 4.78. The van der Waals surface area contributed by atoms with Crippen molar-refractivity contribution in [1.29, 1.82) is 0 Å². The predicted molar refractivity (Wildman–Crippen MR) is 111 cm³/mol. The molecule has 5 rings (SSSR count). The monoisotopic (exact) mass is 434 g/mol. The van der Waals surface area contributed by atoms with E-state index in [1.807, 2.05) is 6.20 Å². The Balaban J connectivity index is 1.36. The summed E-state index contributed by atoms with van der Waals surface area (Å²) in [6, 6.07) is 3.04. The lowest BCUT2D eigenvalue weighted by molar-refractivity contribution is 0.0362. The van der Waals surface area contributed by atoms with Crippen molar-refractivity contribution < 1.29 is 13.2 Å². The minimum atomic E-state index is -0.778. The van der Waals surface area contributed by atoms with E-state index in [2.05, 4.69) is 24.9 Å². The number of likely N-dealkylation sites (tertiary alicyclic amines) is 2. The quantitative estimate of drug-likeness (QED) is 0.756. The second-order valence-electron chi connectivity index (χ2n) is 9.11. The van der Waals surface area contributed by atoms with Gasteiger partial charge >= 0.3 is 0 Å². The Morgan fingerprint density at radius 2 is 2.03 bits per heavy atom. The maximum atomic E-state index is 14.7. The zero-order chi connectivity index (χ0) is 21.5. The number of fused-ring (bicyclic) bond motifs is 1. The summed E-state index contributed by atoms with van der Waals surface area (Å²) < 4.78 is 42.3. The lowest BCUT2D eigenvalue weighted by Gasteiger charge is -2.46. The molecule has 2 aromatic rings. The zero-order valence-electron chi connectivity index (χ0n) is 17.5. The Kier molecular flexibility index (Phi) is 5.76. The largest absolute Gasteiger partial charge is 0.326 e. The van der Waals surface area contributed by atoms with E-state index < -0.39 is 23.8 Å². The van der Waals surface area contributed by atoms with Crippen molar-refractivity contribution in [1.82, 2.24) is 24.9 Å². The van der Waals surface area contributed by atoms with Crippen LogP contribution >= 0.6 is 0 Å². The molecule has 9 heteroatoms. The first-order valence-corrected chi connectivity index (χ1v) is 11.0. The Bertz CT molecular complexity index is 900. The average molecular weight is 435 g/mol. The van der Waals surface area contributed by atoms with Crippen molar-refractivity contribution in [3.8, 4) is 0 Å². The van der Waals surface area contributed by atoms with Gasteiger partial charge in [0.05, 0.1) is 11.7 Å². The van der Waals surface area contributed by atoms with Gasteiger partial charge in [-0.2, -0.15) is 5.10 Å². The van der Waals surface area contributed by atoms with Crippen LogP contribution in [0.15, 0.2) is 24.4 Å². The van der Waals surface area contributed by atoms with Crippen LogP contribution in [0.4, 0.5) is 13.2 Å². The fourth-order valence-corrected chi connectivity index (χ4v) is 5.44. The molecular formula is C22H29F3N6. The molecule has 0 bridgehead atoms. The molecule has 0 spiro atoms. The number of halogens is 3. The van der Waals surface area contributed by atoms with Gasteiger partial charge in [-0.1, -0.05) is 0 Å². The summed E-state index contributed by atoms with van der Waals surface area (Å²) in [5.74, 6) is -0.896. The van der Waals surface area contributed by atoms with Crippen LogP contribution in [0.5, 0.6) is 0 Å². The van der Waals surface area contributed by atoms with Crippen LogP contribution in [0.2, 0.25) is 0 Å². The van der Waals surface area contributed by atoms with Gasteiger partial charge in [-0.15, -0.1) is 0 Å². The molecule has 1 aromatic heterocycles. The SMILES string of the molecule is N[C@H]1C[C@@H](N2Cc3c[nH]nc3C2)CN(CCN2CC[C@@H](F)C2)C1c1cc(F)ccc1F. The predicted octanol–water partition coefficient (Wildman–Crippen LogP) is 2.19. The third-order valence-corrected chi connectivity index (χ3v) is 7.04. The number of aromatic amines is 1. The fourth-order valence-electron chi connectivity index (χ4n) is 5.44. The van der Waals surface area contributed by atoms with E-state index in [4.69, 9.17) is 5.73 Å². The third-order valence-electron chi connectivity index (χ3n) is 7.04. The van der Waals surface area contributed by atoms with Crippen molar-refractivity contribution >= 4 is 0 Å². The van der Waals surface area contributed by atoms with Gasteiger partial charge in [0.1, 0.15) is 17.8 Å². The molecule has 3 N–H and O–H groups in total. The number of benzene rings is 1. The van der Waals surface area contributed by atoms with Gasteiger partial charge < -0.3 is 5.73 Å². The smallest absolute Gasteiger partial charge is 0.128 e. The standard InChI is InChI=1S/C22H29F3N6/c23-15-1-2-19(25)18(7-15)22-20(26)8-17(31-10-14-9-27-28-21(14)13-31)12-30(22)6-5-29-4-3-16(24)11-29/h1-2,7,9,16-17,20,22H,3-6,8,10-13,26H2,(H,27,28)/t16-,17-,20+,22?/m1/s1. The molecule has 0 saturated carbocycles. The Morgan fingerprint density at radius 3 is 2.81 bits per heavy atom. The molecule has 1 unspecified atom stereocenters. The average Bonchev–Trinajstić information content (AvgIpc) is 3.44. The highest BCUT2D eigenvalue weighted by atomic mass is 19.1. The van der Waals surface area contributed by atoms with Crippen molar-refractivity contribution in [3.63, 3.8) is 0 Å². The van der Waals surface area contributed by atoms with Gasteiger partial charge in [-0.25, -0.2) is 13.2 Å². The molecule has 4 heterocycles. The lowest BCUT2D eigenvalue weighted by atomic mass is 9.87. The maximum absolute atomic E-state index is 14.7. The summed E-state index contributed by atoms with van der Waals surface area (Å²) in [6.07, 6.45) is 2.41. The van der Waals surface area contributed by atoms with Crippen LogP contribution in [-0.2, 0) is 13.1 Å². The van der Waals surface area contributed by atoms with Crippen LogP contribution in [0, 0.1) is 11.6 Å². The number of nitrogens with zero attached hydrogens (tertiary/aromatic N) is 4. The van der Waals surface area contributed by atoms with E-state index in [-0.39, 0.29) is 12.1 Å². The number of hydrogen-bond donors (Lipinski definition) is 2. The summed E-state index contributed by atoms with van der Waals surface area (Å²) in [5, 5.41) is 7.23. The number of piperidine rings is 1. The van der Waals surface area contributed by atoms with Gasteiger partial charge in [0.2, 0.25) is 0 Å². The molecular weight excluding hydrogens is 405 g/mol. The second kappa shape index (κ2) is 8.54. The van der Waals surface area contributed by atoms with Gasteiger partial charge in [0, 0.05) is 75.2 Å². The maximum Gasteiger partial charge on any atom is 0.128 e. The first-order valence-electron chi connectivity index (χ1n) is 11.0. The van der Waals surface area contributed by atoms with Crippen molar-refractivity contribution in [3.05, 3.63) is 52.9 Å². The lowest BCUT2D eigenvalue weighted by Crippen LogP contribution is -2.56. The van der Waals surface area contributed by atoms with E-state index in [1.165, 1.54) is 17.7 Å². The number of nitrogens with two attached hydrogens (primary N) is 1. The zero-order valence-corrected chi connectivity index (χ0v) is 17.5. The molecule has 3 aliphatic heterocycles. The summed E-state index contributed by atoms with van der Waals surface area (Å²) in [5.41, 5.74) is 9.18. The van der Waals surface area contributed by atoms with Crippen LogP contribution in [0.25, 0.3) is 0 Å². The van der Waals surface area contributed by atoms with E-state index in [0.717, 1.165) is 31.4 Å². The minimum Gasteiger partial charge on any atom is -0.326 e. The van der Waals surface area contributed by atoms with E-state index in [9.17, 15) is 13.2 Å². The van der Waals surface area contributed by atoms with E-state index in [0.29, 0.717) is 44.6 Å². The molecule has 168 valence electrons. The number of alkyl halides is 1. The highest BCUT2D eigenvalue weighted by Crippen LogP contribution is 2.36. The van der Waals surface area contributed by atoms with E-state index >= 15 is 0 Å².